The van der Waals surface area contributed by atoms with Gasteiger partial charge < -0.3 is 15.2 Å². The number of hydrogen-bond donors (Lipinski definition) is 1. The molecule has 0 bridgehead atoms. The van der Waals surface area contributed by atoms with Gasteiger partial charge >= 0.3 is 0 Å². The number of imidazole rings is 1. The summed E-state index contributed by atoms with van der Waals surface area (Å²) in [7, 11) is 0. The highest BCUT2D eigenvalue weighted by Gasteiger charge is 2.03. The molecule has 1 aromatic carbocycles. The SMILES string of the molecule is CCOc1cc(C=Nn2cc(C)nc2N)cc(OCC)c1. The maximum atomic E-state index is 5.75. The summed E-state index contributed by atoms with van der Waals surface area (Å²) >= 11 is 0. The van der Waals surface area contributed by atoms with Gasteiger partial charge in [0, 0.05) is 11.6 Å². The summed E-state index contributed by atoms with van der Waals surface area (Å²) in [4.78, 5) is 4.09. The highest BCUT2D eigenvalue weighted by Crippen LogP contribution is 2.22. The van der Waals surface area contributed by atoms with Gasteiger partial charge in [0.1, 0.15) is 11.5 Å². The molecule has 112 valence electrons. The lowest BCUT2D eigenvalue weighted by atomic mass is 10.2. The predicted octanol–water partition coefficient (Wildman–Crippen LogP) is 2.45. The Labute approximate surface area is 124 Å². The number of benzene rings is 1. The van der Waals surface area contributed by atoms with E-state index in [0.29, 0.717) is 19.2 Å². The van der Waals surface area contributed by atoms with Gasteiger partial charge in [-0.15, -0.1) is 0 Å². The zero-order valence-corrected chi connectivity index (χ0v) is 12.5. The second-order valence-corrected chi connectivity index (χ2v) is 4.43. The molecule has 1 aromatic heterocycles. The molecule has 0 saturated heterocycles. The van der Waals surface area contributed by atoms with E-state index in [4.69, 9.17) is 15.2 Å². The van der Waals surface area contributed by atoms with Crippen molar-refractivity contribution >= 4 is 12.2 Å². The second-order valence-electron chi connectivity index (χ2n) is 4.43. The zero-order chi connectivity index (χ0) is 15.2. The lowest BCUT2D eigenvalue weighted by Gasteiger charge is -2.08. The molecule has 0 unspecified atom stereocenters. The van der Waals surface area contributed by atoms with Crippen LogP contribution in [0.3, 0.4) is 0 Å². The van der Waals surface area contributed by atoms with Crippen LogP contribution in [0, 0.1) is 6.92 Å². The van der Waals surface area contributed by atoms with Crippen molar-refractivity contribution in [2.75, 3.05) is 18.9 Å². The molecule has 0 saturated carbocycles. The fourth-order valence-electron chi connectivity index (χ4n) is 1.89. The molecule has 0 atom stereocenters. The minimum absolute atomic E-state index is 0.356. The lowest BCUT2D eigenvalue weighted by molar-refractivity contribution is 0.323. The summed E-state index contributed by atoms with van der Waals surface area (Å²) in [5.41, 5.74) is 7.44. The number of aromatic nitrogens is 2. The minimum atomic E-state index is 0.356. The van der Waals surface area contributed by atoms with Gasteiger partial charge in [-0.3, -0.25) is 0 Å². The van der Waals surface area contributed by atoms with Crippen LogP contribution in [0.15, 0.2) is 29.5 Å². The van der Waals surface area contributed by atoms with Gasteiger partial charge in [0.15, 0.2) is 0 Å². The smallest absolute Gasteiger partial charge is 0.221 e. The average molecular weight is 288 g/mol. The van der Waals surface area contributed by atoms with E-state index >= 15 is 0 Å². The first-order valence-corrected chi connectivity index (χ1v) is 6.89. The van der Waals surface area contributed by atoms with Crippen molar-refractivity contribution in [3.8, 4) is 11.5 Å². The van der Waals surface area contributed by atoms with Gasteiger partial charge in [-0.25, -0.2) is 9.66 Å². The van der Waals surface area contributed by atoms with Crippen LogP contribution >= 0.6 is 0 Å². The van der Waals surface area contributed by atoms with Crippen molar-refractivity contribution in [1.82, 2.24) is 9.66 Å². The second kappa shape index (κ2) is 6.78. The summed E-state index contributed by atoms with van der Waals surface area (Å²) < 4.78 is 12.6. The van der Waals surface area contributed by atoms with Crippen molar-refractivity contribution in [2.45, 2.75) is 20.8 Å². The summed E-state index contributed by atoms with van der Waals surface area (Å²) in [6.07, 6.45) is 3.46. The van der Waals surface area contributed by atoms with Gasteiger partial charge in [-0.1, -0.05) is 0 Å². The predicted molar refractivity (Wildman–Crippen MR) is 83.1 cm³/mol. The van der Waals surface area contributed by atoms with E-state index in [-0.39, 0.29) is 0 Å². The molecular weight excluding hydrogens is 268 g/mol. The maximum Gasteiger partial charge on any atom is 0.221 e. The number of anilines is 1. The Morgan fingerprint density at radius 2 is 1.81 bits per heavy atom. The Balaban J connectivity index is 2.27. The summed E-state index contributed by atoms with van der Waals surface area (Å²) in [6, 6.07) is 5.66. The number of ether oxygens (including phenoxy) is 2. The molecule has 2 rings (SSSR count). The van der Waals surface area contributed by atoms with Crippen molar-refractivity contribution in [1.29, 1.82) is 0 Å². The van der Waals surface area contributed by atoms with Gasteiger partial charge in [-0.05, 0) is 32.9 Å². The van der Waals surface area contributed by atoms with Crippen LogP contribution in [0.5, 0.6) is 11.5 Å². The number of rotatable bonds is 6. The van der Waals surface area contributed by atoms with Crippen LogP contribution in [0.1, 0.15) is 25.1 Å². The third kappa shape index (κ3) is 3.98. The maximum absolute atomic E-state index is 5.75. The molecule has 6 nitrogen and oxygen atoms in total. The quantitative estimate of drug-likeness (QED) is 0.828. The van der Waals surface area contributed by atoms with Crippen LogP contribution in [0.25, 0.3) is 0 Å². The van der Waals surface area contributed by atoms with Crippen LogP contribution < -0.4 is 15.2 Å². The third-order valence-electron chi connectivity index (χ3n) is 2.69. The normalized spacial score (nSPS) is 11.0. The molecule has 0 aliphatic carbocycles. The Morgan fingerprint density at radius 1 is 1.19 bits per heavy atom. The molecule has 21 heavy (non-hydrogen) atoms. The van der Waals surface area contributed by atoms with Crippen molar-refractivity contribution in [2.24, 2.45) is 5.10 Å². The van der Waals surface area contributed by atoms with E-state index in [1.807, 2.05) is 39.0 Å². The van der Waals surface area contributed by atoms with Gasteiger partial charge in [0.25, 0.3) is 0 Å². The first-order valence-electron chi connectivity index (χ1n) is 6.89. The highest BCUT2D eigenvalue weighted by molar-refractivity contribution is 5.81. The van der Waals surface area contributed by atoms with Crippen molar-refractivity contribution < 1.29 is 9.47 Å². The van der Waals surface area contributed by atoms with Gasteiger partial charge in [0.05, 0.1) is 31.3 Å². The average Bonchev–Trinajstić information content (AvgIpc) is 2.75. The van der Waals surface area contributed by atoms with Crippen molar-refractivity contribution in [3.63, 3.8) is 0 Å². The van der Waals surface area contributed by atoms with E-state index in [1.54, 1.807) is 12.4 Å². The zero-order valence-electron chi connectivity index (χ0n) is 12.5. The van der Waals surface area contributed by atoms with Crippen molar-refractivity contribution in [3.05, 3.63) is 35.7 Å². The molecule has 2 aromatic rings. The Hall–Kier alpha value is -2.50. The number of nitrogens with two attached hydrogens (primary N) is 1. The number of nitrogens with zero attached hydrogens (tertiary/aromatic N) is 3. The molecule has 1 heterocycles. The highest BCUT2D eigenvalue weighted by atomic mass is 16.5. The fourth-order valence-corrected chi connectivity index (χ4v) is 1.89. The lowest BCUT2D eigenvalue weighted by Crippen LogP contribution is -1.99. The molecule has 0 amide bonds. The van der Waals surface area contributed by atoms with Gasteiger partial charge in [0.2, 0.25) is 5.95 Å². The number of hydrogen-bond acceptors (Lipinski definition) is 5. The first kappa shape index (κ1) is 14.9. The van der Waals surface area contributed by atoms with Crippen LogP contribution in [-0.2, 0) is 0 Å². The van der Waals surface area contributed by atoms with E-state index in [1.165, 1.54) is 4.68 Å². The minimum Gasteiger partial charge on any atom is -0.494 e. The van der Waals surface area contributed by atoms with E-state index in [2.05, 4.69) is 10.1 Å². The molecule has 0 radical (unpaired) electrons. The Kier molecular flexibility index (Phi) is 4.81. The fraction of sp³-hybridized carbons (Fsp3) is 0.333. The number of nitrogen functional groups attached to an aromatic ring is 1. The van der Waals surface area contributed by atoms with E-state index in [0.717, 1.165) is 22.8 Å². The molecule has 2 N–H and O–H groups in total. The molecular formula is C15H20N4O2. The molecule has 0 fully saturated rings. The largest absolute Gasteiger partial charge is 0.494 e. The van der Waals surface area contributed by atoms with E-state index in [9.17, 15) is 0 Å². The van der Waals surface area contributed by atoms with Gasteiger partial charge in [-0.2, -0.15) is 5.10 Å². The topological polar surface area (TPSA) is 74.7 Å². The van der Waals surface area contributed by atoms with Crippen LogP contribution in [0.4, 0.5) is 5.95 Å². The van der Waals surface area contributed by atoms with Crippen LogP contribution in [-0.4, -0.2) is 29.1 Å². The molecule has 6 heteroatoms. The Bertz CT molecular complexity index is 610. The van der Waals surface area contributed by atoms with Crippen LogP contribution in [0.2, 0.25) is 0 Å². The third-order valence-corrected chi connectivity index (χ3v) is 2.69. The standard InChI is InChI=1S/C15H20N4O2/c1-4-20-13-6-12(7-14(8-13)21-5-2)9-17-19-10-11(3)18-15(19)16/h6-10H,4-5H2,1-3H3,(H2,16,18). The first-order chi connectivity index (χ1) is 10.1. The molecule has 0 spiro atoms. The summed E-state index contributed by atoms with van der Waals surface area (Å²) in [6.45, 7) is 6.94. The molecule has 0 aliphatic heterocycles. The monoisotopic (exact) mass is 288 g/mol. The summed E-state index contributed by atoms with van der Waals surface area (Å²) in [5.74, 6) is 1.86. The molecule has 0 aliphatic rings. The van der Waals surface area contributed by atoms with E-state index < -0.39 is 0 Å². The summed E-state index contributed by atoms with van der Waals surface area (Å²) in [5, 5.41) is 4.29. The Morgan fingerprint density at radius 3 is 2.29 bits per heavy atom. The number of aryl methyl sites for hydroxylation is 1.